The van der Waals surface area contributed by atoms with E-state index >= 15 is 0 Å². The Hall–Kier alpha value is -4.58. The largest absolute Gasteiger partial charge is 0.493 e. The van der Waals surface area contributed by atoms with Crippen LogP contribution in [0, 0.1) is 0 Å². The van der Waals surface area contributed by atoms with Gasteiger partial charge < -0.3 is 20.1 Å². The molecule has 0 saturated heterocycles. The maximum absolute atomic E-state index is 12.4. The van der Waals surface area contributed by atoms with Crippen molar-refractivity contribution in [2.24, 2.45) is 0 Å². The molecule has 0 aromatic heterocycles. The molecule has 0 heterocycles. The zero-order valence-corrected chi connectivity index (χ0v) is 24.8. The number of rotatable bonds is 18. The van der Waals surface area contributed by atoms with Gasteiger partial charge in [-0.15, -0.1) is 0 Å². The van der Waals surface area contributed by atoms with Gasteiger partial charge in [0.1, 0.15) is 11.5 Å². The molecule has 43 heavy (non-hydrogen) atoms. The predicted octanol–water partition coefficient (Wildman–Crippen LogP) is 8.24. The van der Waals surface area contributed by atoms with Crippen LogP contribution in [0.15, 0.2) is 109 Å². The van der Waals surface area contributed by atoms with Crippen LogP contribution >= 0.6 is 0 Å². The zero-order valence-electron chi connectivity index (χ0n) is 24.8. The van der Waals surface area contributed by atoms with Crippen LogP contribution in [0.25, 0.3) is 0 Å². The Morgan fingerprint density at radius 2 is 0.907 bits per heavy atom. The summed E-state index contributed by atoms with van der Waals surface area (Å²) >= 11 is 0. The lowest BCUT2D eigenvalue weighted by Gasteiger charge is -2.10. The number of amides is 2. The second-order valence-corrected chi connectivity index (χ2v) is 10.6. The summed E-state index contributed by atoms with van der Waals surface area (Å²) in [4.78, 5) is 24.8. The summed E-state index contributed by atoms with van der Waals surface area (Å²) in [5.74, 6) is 1.51. The molecule has 0 aliphatic rings. The first-order valence-electron chi connectivity index (χ1n) is 15.3. The molecule has 2 amide bonds. The van der Waals surface area contributed by atoms with Gasteiger partial charge in [0.2, 0.25) is 11.8 Å². The molecule has 0 spiro atoms. The third-order valence-electron chi connectivity index (χ3n) is 7.05. The Morgan fingerprint density at radius 1 is 0.488 bits per heavy atom. The molecule has 0 bridgehead atoms. The fourth-order valence-electron chi connectivity index (χ4n) is 4.74. The lowest BCUT2D eigenvalue weighted by atomic mass is 10.1. The first-order valence-corrected chi connectivity index (χ1v) is 15.3. The van der Waals surface area contributed by atoms with Gasteiger partial charge in [0.25, 0.3) is 0 Å². The molecule has 6 nitrogen and oxygen atoms in total. The van der Waals surface area contributed by atoms with Gasteiger partial charge in [0, 0.05) is 49.2 Å². The van der Waals surface area contributed by atoms with Crippen LogP contribution in [-0.4, -0.2) is 25.0 Å². The van der Waals surface area contributed by atoms with E-state index in [1.54, 1.807) is 0 Å². The molecular weight excluding hydrogens is 536 g/mol. The van der Waals surface area contributed by atoms with Crippen LogP contribution in [-0.2, 0) is 22.4 Å². The minimum atomic E-state index is 0.00656. The molecule has 224 valence electrons. The molecule has 0 fully saturated rings. The van der Waals surface area contributed by atoms with Crippen molar-refractivity contribution in [3.05, 3.63) is 120 Å². The highest BCUT2D eigenvalue weighted by atomic mass is 16.5. The van der Waals surface area contributed by atoms with Crippen molar-refractivity contribution in [3.8, 4) is 11.5 Å². The van der Waals surface area contributed by atoms with Crippen LogP contribution < -0.4 is 20.1 Å². The summed E-state index contributed by atoms with van der Waals surface area (Å²) in [7, 11) is 0. The fourth-order valence-corrected chi connectivity index (χ4v) is 4.74. The van der Waals surface area contributed by atoms with E-state index in [0.29, 0.717) is 26.1 Å². The highest BCUT2D eigenvalue weighted by molar-refractivity contribution is 5.91. The van der Waals surface area contributed by atoms with Crippen LogP contribution in [0.1, 0.15) is 56.1 Å². The van der Waals surface area contributed by atoms with E-state index in [9.17, 15) is 9.59 Å². The molecule has 6 heteroatoms. The molecule has 0 saturated carbocycles. The number of hydrogen-bond donors (Lipinski definition) is 2. The number of nitrogens with one attached hydrogen (secondary N) is 2. The van der Waals surface area contributed by atoms with Crippen molar-refractivity contribution in [3.63, 3.8) is 0 Å². The molecule has 0 aliphatic carbocycles. The molecule has 4 aromatic carbocycles. The average molecular weight is 579 g/mol. The smallest absolute Gasteiger partial charge is 0.224 e. The molecule has 2 N–H and O–H groups in total. The molecule has 4 aromatic rings. The second-order valence-electron chi connectivity index (χ2n) is 10.6. The highest BCUT2D eigenvalue weighted by Crippen LogP contribution is 2.20. The van der Waals surface area contributed by atoms with Crippen molar-refractivity contribution < 1.29 is 19.1 Å². The van der Waals surface area contributed by atoms with Crippen molar-refractivity contribution in [2.75, 3.05) is 23.8 Å². The van der Waals surface area contributed by atoms with Gasteiger partial charge in [-0.3, -0.25) is 9.59 Å². The van der Waals surface area contributed by atoms with E-state index < -0.39 is 0 Å². The standard InChI is InChI=1S/C37H42N2O4/c40-36(38-32-18-12-20-34(28-32)42-26-24-30-14-6-4-7-15-30)22-10-2-1-3-11-23-37(41)39-33-19-13-21-35(29-33)43-27-25-31-16-8-5-9-17-31/h4-9,12-21,28-29H,1-3,10-11,22-27H2,(H,38,40)(H,39,41). The van der Waals surface area contributed by atoms with Crippen molar-refractivity contribution in [2.45, 2.75) is 57.8 Å². The SMILES string of the molecule is O=C(CCCCCCCC(=O)Nc1cccc(OCCc2ccccc2)c1)Nc1cccc(OCCc2ccccc2)c1. The number of hydrogen-bond acceptors (Lipinski definition) is 4. The number of carbonyl (C=O) groups is 2. The van der Waals surface area contributed by atoms with Crippen molar-refractivity contribution >= 4 is 23.2 Å². The Bertz CT molecular complexity index is 1290. The number of anilines is 2. The average Bonchev–Trinajstić information content (AvgIpc) is 3.02. The van der Waals surface area contributed by atoms with Gasteiger partial charge >= 0.3 is 0 Å². The van der Waals surface area contributed by atoms with Gasteiger partial charge in [-0.1, -0.05) is 92.1 Å². The number of carbonyl (C=O) groups excluding carboxylic acids is 2. The van der Waals surface area contributed by atoms with Gasteiger partial charge in [0.05, 0.1) is 13.2 Å². The normalized spacial score (nSPS) is 10.6. The summed E-state index contributed by atoms with van der Waals surface area (Å²) in [5, 5.41) is 5.94. The zero-order chi connectivity index (χ0) is 30.0. The third-order valence-corrected chi connectivity index (χ3v) is 7.05. The van der Waals surface area contributed by atoms with E-state index in [-0.39, 0.29) is 11.8 Å². The number of ether oxygens (including phenoxy) is 2. The summed E-state index contributed by atoms with van der Waals surface area (Å²) in [6, 6.07) is 35.5. The minimum Gasteiger partial charge on any atom is -0.493 e. The Kier molecular flexibility index (Phi) is 13.2. The molecule has 0 aliphatic heterocycles. The van der Waals surface area contributed by atoms with Crippen molar-refractivity contribution in [1.82, 2.24) is 0 Å². The number of unbranched alkanes of at least 4 members (excludes halogenated alkanes) is 4. The predicted molar refractivity (Wildman–Crippen MR) is 174 cm³/mol. The second kappa shape index (κ2) is 18.1. The van der Waals surface area contributed by atoms with Crippen LogP contribution in [0.4, 0.5) is 11.4 Å². The van der Waals surface area contributed by atoms with E-state index in [1.165, 1.54) is 11.1 Å². The van der Waals surface area contributed by atoms with E-state index in [2.05, 4.69) is 34.9 Å². The van der Waals surface area contributed by atoms with Crippen LogP contribution in [0.5, 0.6) is 11.5 Å². The van der Waals surface area contributed by atoms with Crippen molar-refractivity contribution in [1.29, 1.82) is 0 Å². The third kappa shape index (κ3) is 12.4. The van der Waals surface area contributed by atoms with Crippen LogP contribution in [0.2, 0.25) is 0 Å². The molecular formula is C37H42N2O4. The molecule has 0 radical (unpaired) electrons. The van der Waals surface area contributed by atoms with Gasteiger partial charge in [0.15, 0.2) is 0 Å². The Labute approximate surface area is 255 Å². The monoisotopic (exact) mass is 578 g/mol. The van der Waals surface area contributed by atoms with E-state index in [4.69, 9.17) is 9.47 Å². The Morgan fingerprint density at radius 3 is 1.35 bits per heavy atom. The van der Waals surface area contributed by atoms with E-state index in [0.717, 1.165) is 67.8 Å². The maximum atomic E-state index is 12.4. The number of benzene rings is 4. The minimum absolute atomic E-state index is 0.00656. The topological polar surface area (TPSA) is 76.7 Å². The van der Waals surface area contributed by atoms with E-state index in [1.807, 2.05) is 84.9 Å². The summed E-state index contributed by atoms with van der Waals surface area (Å²) in [5.41, 5.74) is 3.96. The molecule has 0 unspecified atom stereocenters. The first kappa shape index (κ1) is 31.4. The first-order chi connectivity index (χ1) is 21.1. The summed E-state index contributed by atoms with van der Waals surface area (Å²) in [6.45, 7) is 1.17. The maximum Gasteiger partial charge on any atom is 0.224 e. The summed E-state index contributed by atoms with van der Waals surface area (Å²) < 4.78 is 11.7. The highest BCUT2D eigenvalue weighted by Gasteiger charge is 2.06. The lowest BCUT2D eigenvalue weighted by molar-refractivity contribution is -0.117. The summed E-state index contributed by atoms with van der Waals surface area (Å²) in [6.07, 6.45) is 7.18. The van der Waals surface area contributed by atoms with Crippen LogP contribution in [0.3, 0.4) is 0 Å². The van der Waals surface area contributed by atoms with Gasteiger partial charge in [-0.25, -0.2) is 0 Å². The van der Waals surface area contributed by atoms with Gasteiger partial charge in [-0.2, -0.15) is 0 Å². The molecule has 4 rings (SSSR count). The van der Waals surface area contributed by atoms with Gasteiger partial charge in [-0.05, 0) is 48.2 Å². The quantitative estimate of drug-likeness (QED) is 0.117. The molecule has 0 atom stereocenters. The fraction of sp³-hybridized carbons (Fsp3) is 0.297. The Balaban J connectivity index is 1.03. The lowest BCUT2D eigenvalue weighted by Crippen LogP contribution is -2.11.